The first-order valence-corrected chi connectivity index (χ1v) is 4.37. The lowest BCUT2D eigenvalue weighted by atomic mass is 10.2. The molecule has 1 aromatic carbocycles. The largest absolute Gasteiger partial charge is 0.344 e. The van der Waals surface area contributed by atoms with Crippen molar-refractivity contribution in [2.75, 3.05) is 0 Å². The maximum absolute atomic E-state index is 4.02. The van der Waals surface area contributed by atoms with Gasteiger partial charge in [-0.3, -0.25) is 0 Å². The van der Waals surface area contributed by atoms with Crippen molar-refractivity contribution in [3.05, 3.63) is 22.8 Å². The quantitative estimate of drug-likeness (QED) is 0.603. The number of aromatic amines is 1. The zero-order valence-electron chi connectivity index (χ0n) is 6.00. The molecule has 1 aliphatic heterocycles. The third-order valence-corrected chi connectivity index (χ3v) is 2.71. The SMILES string of the molecule is Brc1ccc2c3c([nH]cc13)N=N2. The van der Waals surface area contributed by atoms with Crippen molar-refractivity contribution in [1.29, 1.82) is 0 Å². The van der Waals surface area contributed by atoms with Crippen molar-refractivity contribution in [3.63, 3.8) is 0 Å². The van der Waals surface area contributed by atoms with Crippen molar-refractivity contribution in [2.24, 2.45) is 10.2 Å². The lowest BCUT2D eigenvalue weighted by Crippen LogP contribution is -1.66. The van der Waals surface area contributed by atoms with Crippen LogP contribution in [0.4, 0.5) is 11.5 Å². The summed E-state index contributed by atoms with van der Waals surface area (Å²) in [7, 11) is 0. The van der Waals surface area contributed by atoms with Gasteiger partial charge in [-0.25, -0.2) is 0 Å². The van der Waals surface area contributed by atoms with Crippen LogP contribution in [0.3, 0.4) is 0 Å². The second-order valence-corrected chi connectivity index (χ2v) is 3.55. The maximum atomic E-state index is 4.02. The third kappa shape index (κ3) is 0.610. The molecule has 0 bridgehead atoms. The van der Waals surface area contributed by atoms with Crippen LogP contribution in [0.15, 0.2) is 33.0 Å². The van der Waals surface area contributed by atoms with Gasteiger partial charge in [0.25, 0.3) is 0 Å². The van der Waals surface area contributed by atoms with Crippen LogP contribution in [-0.2, 0) is 0 Å². The average molecular weight is 222 g/mol. The number of hydrogen-bond donors (Lipinski definition) is 1. The molecule has 0 aliphatic carbocycles. The van der Waals surface area contributed by atoms with Crippen LogP contribution in [0.1, 0.15) is 0 Å². The Labute approximate surface area is 76.6 Å². The van der Waals surface area contributed by atoms with Crippen LogP contribution < -0.4 is 0 Å². The number of aromatic nitrogens is 1. The van der Waals surface area contributed by atoms with Gasteiger partial charge < -0.3 is 4.98 Å². The van der Waals surface area contributed by atoms with Gasteiger partial charge in [0.1, 0.15) is 0 Å². The maximum Gasteiger partial charge on any atom is 0.162 e. The molecule has 12 heavy (non-hydrogen) atoms. The molecule has 58 valence electrons. The molecule has 4 heteroatoms. The monoisotopic (exact) mass is 221 g/mol. The van der Waals surface area contributed by atoms with E-state index in [-0.39, 0.29) is 0 Å². The number of benzene rings is 1. The second-order valence-electron chi connectivity index (χ2n) is 2.69. The molecule has 0 saturated heterocycles. The number of halogens is 1. The smallest absolute Gasteiger partial charge is 0.162 e. The summed E-state index contributed by atoms with van der Waals surface area (Å²) in [5, 5.41) is 10.3. The fourth-order valence-electron chi connectivity index (χ4n) is 1.45. The molecule has 1 aromatic heterocycles. The summed E-state index contributed by atoms with van der Waals surface area (Å²) in [6, 6.07) is 3.94. The molecule has 0 fully saturated rings. The summed E-state index contributed by atoms with van der Waals surface area (Å²) in [6.45, 7) is 0. The van der Waals surface area contributed by atoms with E-state index in [4.69, 9.17) is 0 Å². The molecule has 0 radical (unpaired) electrons. The van der Waals surface area contributed by atoms with Gasteiger partial charge in [-0.15, -0.1) is 10.2 Å². The van der Waals surface area contributed by atoms with Crippen molar-refractivity contribution in [3.8, 4) is 0 Å². The van der Waals surface area contributed by atoms with Gasteiger partial charge in [0.2, 0.25) is 0 Å². The minimum atomic E-state index is 0.862. The molecule has 2 heterocycles. The predicted octanol–water partition coefficient (Wildman–Crippen LogP) is 3.66. The second kappa shape index (κ2) is 1.95. The highest BCUT2D eigenvalue weighted by molar-refractivity contribution is 9.10. The first kappa shape index (κ1) is 6.37. The van der Waals surface area contributed by atoms with Gasteiger partial charge in [0.15, 0.2) is 5.82 Å². The van der Waals surface area contributed by atoms with Crippen molar-refractivity contribution < 1.29 is 0 Å². The number of hydrogen-bond acceptors (Lipinski definition) is 2. The molecule has 2 aromatic rings. The van der Waals surface area contributed by atoms with Gasteiger partial charge in [-0.05, 0) is 12.1 Å². The Morgan fingerprint density at radius 1 is 1.25 bits per heavy atom. The normalized spacial score (nSPS) is 13.1. The lowest BCUT2D eigenvalue weighted by molar-refractivity contribution is 1.23. The standard InChI is InChI=1S/C8H4BrN3/c9-5-1-2-6-7-4(5)3-10-8(7)12-11-6/h1-3,10H. The van der Waals surface area contributed by atoms with E-state index in [1.165, 1.54) is 0 Å². The summed E-state index contributed by atoms with van der Waals surface area (Å²) < 4.78 is 1.08. The first-order chi connectivity index (χ1) is 5.86. The molecule has 0 saturated carbocycles. The van der Waals surface area contributed by atoms with Crippen LogP contribution in [0, 0.1) is 0 Å². The number of nitrogens with one attached hydrogen (secondary N) is 1. The zero-order valence-corrected chi connectivity index (χ0v) is 7.59. The van der Waals surface area contributed by atoms with E-state index in [1.54, 1.807) is 0 Å². The van der Waals surface area contributed by atoms with Crippen molar-refractivity contribution >= 4 is 38.2 Å². The van der Waals surface area contributed by atoms with Gasteiger partial charge in [-0.2, -0.15) is 0 Å². The summed E-state index contributed by atoms with van der Waals surface area (Å²) in [5.74, 6) is 0.862. The topological polar surface area (TPSA) is 40.5 Å². The van der Waals surface area contributed by atoms with Crippen LogP contribution >= 0.6 is 15.9 Å². The zero-order chi connectivity index (χ0) is 8.13. The molecule has 0 unspecified atom stereocenters. The van der Waals surface area contributed by atoms with E-state index in [0.717, 1.165) is 26.8 Å². The number of H-pyrrole nitrogens is 1. The summed E-state index contributed by atoms with van der Waals surface area (Å²) in [6.07, 6.45) is 1.94. The number of nitrogens with zero attached hydrogens (tertiary/aromatic N) is 2. The Morgan fingerprint density at radius 2 is 2.17 bits per heavy atom. The van der Waals surface area contributed by atoms with Gasteiger partial charge >= 0.3 is 0 Å². The first-order valence-electron chi connectivity index (χ1n) is 3.57. The predicted molar refractivity (Wildman–Crippen MR) is 50.2 cm³/mol. The van der Waals surface area contributed by atoms with E-state index in [9.17, 15) is 0 Å². The van der Waals surface area contributed by atoms with E-state index in [0.29, 0.717) is 0 Å². The molecule has 1 aliphatic rings. The van der Waals surface area contributed by atoms with E-state index in [2.05, 4.69) is 31.1 Å². The average Bonchev–Trinajstić information content (AvgIpc) is 2.61. The fourth-order valence-corrected chi connectivity index (χ4v) is 1.90. The highest BCUT2D eigenvalue weighted by Crippen LogP contribution is 2.42. The van der Waals surface area contributed by atoms with Crippen LogP contribution in [0.25, 0.3) is 10.8 Å². The minimum absolute atomic E-state index is 0.862. The van der Waals surface area contributed by atoms with E-state index in [1.807, 2.05) is 18.3 Å². The summed E-state index contributed by atoms with van der Waals surface area (Å²) in [4.78, 5) is 3.07. The minimum Gasteiger partial charge on any atom is -0.344 e. The number of rotatable bonds is 0. The van der Waals surface area contributed by atoms with E-state index < -0.39 is 0 Å². The van der Waals surface area contributed by atoms with E-state index >= 15 is 0 Å². The van der Waals surface area contributed by atoms with Crippen molar-refractivity contribution in [1.82, 2.24) is 4.98 Å². The molecular weight excluding hydrogens is 218 g/mol. The third-order valence-electron chi connectivity index (χ3n) is 2.02. The van der Waals surface area contributed by atoms with Crippen LogP contribution in [-0.4, -0.2) is 4.98 Å². The highest BCUT2D eigenvalue weighted by Gasteiger charge is 2.14. The van der Waals surface area contributed by atoms with Gasteiger partial charge in [-0.1, -0.05) is 15.9 Å². The molecule has 3 rings (SSSR count). The Morgan fingerprint density at radius 3 is 3.08 bits per heavy atom. The molecule has 0 amide bonds. The fraction of sp³-hybridized carbons (Fsp3) is 0. The molecular formula is C8H4BrN3. The molecule has 0 atom stereocenters. The van der Waals surface area contributed by atoms with Gasteiger partial charge in [0, 0.05) is 16.1 Å². The Balaban J connectivity index is 2.64. The van der Waals surface area contributed by atoms with Crippen molar-refractivity contribution in [2.45, 2.75) is 0 Å². The van der Waals surface area contributed by atoms with Crippen LogP contribution in [0.5, 0.6) is 0 Å². The van der Waals surface area contributed by atoms with Crippen LogP contribution in [0.2, 0.25) is 0 Å². The Bertz CT molecular complexity index is 498. The number of azo groups is 1. The Hall–Kier alpha value is -1.16. The molecule has 0 spiro atoms. The lowest BCUT2D eigenvalue weighted by Gasteiger charge is -1.93. The highest BCUT2D eigenvalue weighted by atomic mass is 79.9. The Kier molecular flexibility index (Phi) is 1.04. The molecule has 3 nitrogen and oxygen atoms in total. The molecule has 1 N–H and O–H groups in total. The summed E-state index contributed by atoms with van der Waals surface area (Å²) in [5.41, 5.74) is 0.949. The summed E-state index contributed by atoms with van der Waals surface area (Å²) >= 11 is 3.47. The van der Waals surface area contributed by atoms with Gasteiger partial charge in [0.05, 0.1) is 11.1 Å².